The van der Waals surface area contributed by atoms with Crippen LogP contribution < -0.4 is 5.32 Å². The lowest BCUT2D eigenvalue weighted by molar-refractivity contribution is 0.321. The van der Waals surface area contributed by atoms with E-state index in [9.17, 15) is 0 Å². The number of likely N-dealkylation sites (N-methyl/N-ethyl adjacent to an activating group) is 1. The third-order valence-corrected chi connectivity index (χ3v) is 5.82. The molecule has 0 amide bonds. The standard InChI is InChI=1S/C21H21ClN4S/c1-3-25-20(19(24-21(25)27)17-7-4-5-11-23-17)18-8-6-12-26(18)15-9-10-16(22)14(2)13-15/h4-13,19-20H,3H2,1-2H3,(H,24,27). The van der Waals surface area contributed by atoms with Crippen LogP contribution in [0.5, 0.6) is 0 Å². The monoisotopic (exact) mass is 396 g/mol. The number of benzene rings is 1. The van der Waals surface area contributed by atoms with Crippen LogP contribution in [0, 0.1) is 6.92 Å². The zero-order valence-corrected chi connectivity index (χ0v) is 16.8. The first-order valence-corrected chi connectivity index (χ1v) is 9.80. The van der Waals surface area contributed by atoms with Crippen molar-refractivity contribution in [3.63, 3.8) is 0 Å². The number of pyridine rings is 1. The van der Waals surface area contributed by atoms with Gasteiger partial charge in [-0.05, 0) is 74.1 Å². The maximum atomic E-state index is 6.22. The Labute approximate surface area is 169 Å². The molecular weight excluding hydrogens is 376 g/mol. The molecule has 4 rings (SSSR count). The highest BCUT2D eigenvalue weighted by Gasteiger charge is 2.40. The first kappa shape index (κ1) is 18.0. The summed E-state index contributed by atoms with van der Waals surface area (Å²) in [5.74, 6) is 0. The van der Waals surface area contributed by atoms with Crippen molar-refractivity contribution in [3.05, 3.63) is 82.9 Å². The number of thiocarbonyl (C=S) groups is 1. The summed E-state index contributed by atoms with van der Waals surface area (Å²) < 4.78 is 2.21. The highest BCUT2D eigenvalue weighted by Crippen LogP contribution is 2.39. The van der Waals surface area contributed by atoms with Gasteiger partial charge in [-0.3, -0.25) is 4.98 Å². The van der Waals surface area contributed by atoms with E-state index in [0.717, 1.165) is 33.6 Å². The number of nitrogens with one attached hydrogen (secondary N) is 1. The molecule has 0 spiro atoms. The molecule has 3 heterocycles. The number of rotatable bonds is 4. The van der Waals surface area contributed by atoms with Crippen molar-refractivity contribution in [2.24, 2.45) is 0 Å². The molecule has 1 aliphatic rings. The second-order valence-electron chi connectivity index (χ2n) is 6.65. The Morgan fingerprint density at radius 1 is 1.19 bits per heavy atom. The minimum absolute atomic E-state index is 0.000646. The van der Waals surface area contributed by atoms with Crippen LogP contribution in [0.3, 0.4) is 0 Å². The first-order valence-electron chi connectivity index (χ1n) is 9.02. The summed E-state index contributed by atoms with van der Waals surface area (Å²) in [4.78, 5) is 6.80. The number of hydrogen-bond donors (Lipinski definition) is 1. The van der Waals surface area contributed by atoms with Gasteiger partial charge in [-0.15, -0.1) is 0 Å². The second kappa shape index (κ2) is 7.33. The molecule has 2 atom stereocenters. The molecule has 6 heteroatoms. The summed E-state index contributed by atoms with van der Waals surface area (Å²) in [6.07, 6.45) is 3.91. The van der Waals surface area contributed by atoms with Gasteiger partial charge in [0.1, 0.15) is 0 Å². The Kier molecular flexibility index (Phi) is 4.89. The predicted molar refractivity (Wildman–Crippen MR) is 113 cm³/mol. The summed E-state index contributed by atoms with van der Waals surface area (Å²) in [5.41, 5.74) is 4.30. The predicted octanol–water partition coefficient (Wildman–Crippen LogP) is 4.83. The molecule has 1 aliphatic heterocycles. The number of nitrogens with zero attached hydrogens (tertiary/aromatic N) is 3. The van der Waals surface area contributed by atoms with Crippen LogP contribution in [-0.4, -0.2) is 26.1 Å². The van der Waals surface area contributed by atoms with Gasteiger partial charge in [0.25, 0.3) is 0 Å². The van der Waals surface area contributed by atoms with Gasteiger partial charge in [0.15, 0.2) is 5.11 Å². The van der Waals surface area contributed by atoms with Crippen LogP contribution in [0.4, 0.5) is 0 Å². The van der Waals surface area contributed by atoms with E-state index < -0.39 is 0 Å². The molecule has 27 heavy (non-hydrogen) atoms. The molecule has 4 nitrogen and oxygen atoms in total. The van der Waals surface area contributed by atoms with Crippen molar-refractivity contribution in [3.8, 4) is 5.69 Å². The summed E-state index contributed by atoms with van der Waals surface area (Å²) in [5, 5.41) is 5.01. The normalized spacial score (nSPS) is 19.4. The van der Waals surface area contributed by atoms with E-state index in [-0.39, 0.29) is 12.1 Å². The summed E-state index contributed by atoms with van der Waals surface area (Å²) >= 11 is 11.8. The van der Waals surface area contributed by atoms with Gasteiger partial charge in [-0.2, -0.15) is 0 Å². The molecular formula is C21H21ClN4S. The smallest absolute Gasteiger partial charge is 0.170 e. The van der Waals surface area contributed by atoms with Crippen molar-refractivity contribution >= 4 is 28.9 Å². The molecule has 2 aromatic heterocycles. The van der Waals surface area contributed by atoms with E-state index >= 15 is 0 Å². The Morgan fingerprint density at radius 2 is 2.04 bits per heavy atom. The van der Waals surface area contributed by atoms with Gasteiger partial charge in [-0.1, -0.05) is 17.7 Å². The highest BCUT2D eigenvalue weighted by molar-refractivity contribution is 7.80. The van der Waals surface area contributed by atoms with E-state index in [1.54, 1.807) is 0 Å². The van der Waals surface area contributed by atoms with Crippen LogP contribution >= 0.6 is 23.8 Å². The molecule has 3 aromatic rings. The topological polar surface area (TPSA) is 33.1 Å². The van der Waals surface area contributed by atoms with Crippen LogP contribution in [0.1, 0.15) is 36.0 Å². The number of aryl methyl sites for hydroxylation is 1. The fourth-order valence-corrected chi connectivity index (χ4v) is 4.20. The summed E-state index contributed by atoms with van der Waals surface area (Å²) in [7, 11) is 0. The number of halogens is 1. The fourth-order valence-electron chi connectivity index (χ4n) is 3.72. The second-order valence-corrected chi connectivity index (χ2v) is 7.44. The van der Waals surface area contributed by atoms with E-state index in [4.69, 9.17) is 23.8 Å². The van der Waals surface area contributed by atoms with Gasteiger partial charge in [0, 0.05) is 35.3 Å². The minimum Gasteiger partial charge on any atom is -0.352 e. The maximum absolute atomic E-state index is 6.22. The van der Waals surface area contributed by atoms with Crippen molar-refractivity contribution in [2.45, 2.75) is 25.9 Å². The van der Waals surface area contributed by atoms with Gasteiger partial charge < -0.3 is 14.8 Å². The quantitative estimate of drug-likeness (QED) is 0.640. The Hall–Kier alpha value is -2.37. The largest absolute Gasteiger partial charge is 0.352 e. The van der Waals surface area contributed by atoms with Crippen LogP contribution in [0.15, 0.2) is 60.9 Å². The average molecular weight is 397 g/mol. The van der Waals surface area contributed by atoms with Gasteiger partial charge in [0.05, 0.1) is 17.8 Å². The number of aromatic nitrogens is 2. The fraction of sp³-hybridized carbons (Fsp3) is 0.238. The number of hydrogen-bond acceptors (Lipinski definition) is 2. The molecule has 0 saturated carbocycles. The van der Waals surface area contributed by atoms with E-state index in [1.807, 2.05) is 43.5 Å². The van der Waals surface area contributed by atoms with Gasteiger partial charge >= 0.3 is 0 Å². The SMILES string of the molecule is CCN1C(=S)NC(c2ccccn2)C1c1cccn1-c1ccc(Cl)c(C)c1. The first-order chi connectivity index (χ1) is 13.1. The van der Waals surface area contributed by atoms with Gasteiger partial charge in [-0.25, -0.2) is 0 Å². The Balaban J connectivity index is 1.81. The van der Waals surface area contributed by atoms with E-state index in [2.05, 4.69) is 51.1 Å². The van der Waals surface area contributed by atoms with Crippen LogP contribution in [0.2, 0.25) is 5.02 Å². The Morgan fingerprint density at radius 3 is 2.74 bits per heavy atom. The summed E-state index contributed by atoms with van der Waals surface area (Å²) in [6, 6.07) is 16.4. The average Bonchev–Trinajstić information content (AvgIpc) is 3.28. The zero-order valence-electron chi connectivity index (χ0n) is 15.3. The van der Waals surface area contributed by atoms with E-state index in [1.165, 1.54) is 5.69 Å². The summed E-state index contributed by atoms with van der Waals surface area (Å²) in [6.45, 7) is 4.97. The molecule has 0 radical (unpaired) electrons. The van der Waals surface area contributed by atoms with Gasteiger partial charge in [0.2, 0.25) is 0 Å². The maximum Gasteiger partial charge on any atom is 0.170 e. The highest BCUT2D eigenvalue weighted by atomic mass is 35.5. The van der Waals surface area contributed by atoms with E-state index in [0.29, 0.717) is 0 Å². The lowest BCUT2D eigenvalue weighted by Gasteiger charge is -2.28. The molecule has 1 N–H and O–H groups in total. The lowest BCUT2D eigenvalue weighted by Crippen LogP contribution is -2.30. The molecule has 2 unspecified atom stereocenters. The Bertz CT molecular complexity index is 969. The van der Waals surface area contributed by atoms with Crippen molar-refractivity contribution in [1.29, 1.82) is 0 Å². The molecule has 1 saturated heterocycles. The third kappa shape index (κ3) is 3.22. The molecule has 0 bridgehead atoms. The molecule has 0 aliphatic carbocycles. The lowest BCUT2D eigenvalue weighted by atomic mass is 10.0. The third-order valence-electron chi connectivity index (χ3n) is 5.04. The van der Waals surface area contributed by atoms with Crippen molar-refractivity contribution in [2.75, 3.05) is 6.54 Å². The molecule has 138 valence electrons. The van der Waals surface area contributed by atoms with Crippen molar-refractivity contribution in [1.82, 2.24) is 19.8 Å². The van der Waals surface area contributed by atoms with Crippen molar-refractivity contribution < 1.29 is 0 Å². The molecule has 1 fully saturated rings. The minimum atomic E-state index is 0.000646. The molecule has 1 aromatic carbocycles. The zero-order chi connectivity index (χ0) is 19.0. The van der Waals surface area contributed by atoms with Crippen LogP contribution in [0.25, 0.3) is 5.69 Å². The van der Waals surface area contributed by atoms with Crippen LogP contribution in [-0.2, 0) is 0 Å².